The standard InChI is InChI=1S/C14H33BO3Si2/c1-13(2)14(3,4)17-15(16-13)11-10-12-20(8,9)18-19(5,6)7/h10-12H2,1-9H3. The molecule has 1 saturated heterocycles. The fraction of sp³-hybridized carbons (Fsp3) is 1.00. The van der Waals surface area contributed by atoms with Gasteiger partial charge in [-0.3, -0.25) is 0 Å². The number of hydrogen-bond donors (Lipinski definition) is 0. The molecule has 1 aliphatic heterocycles. The molecule has 0 aromatic heterocycles. The molecule has 6 heteroatoms. The Hall–Kier alpha value is 0.379. The van der Waals surface area contributed by atoms with Gasteiger partial charge in [-0.1, -0.05) is 6.42 Å². The van der Waals surface area contributed by atoms with Gasteiger partial charge in [0.2, 0.25) is 0 Å². The van der Waals surface area contributed by atoms with E-state index in [2.05, 4.69) is 60.4 Å². The smallest absolute Gasteiger partial charge is 0.456 e. The Morgan fingerprint density at radius 1 is 0.900 bits per heavy atom. The van der Waals surface area contributed by atoms with Crippen LogP contribution in [0.25, 0.3) is 0 Å². The zero-order valence-corrected chi connectivity index (χ0v) is 16.9. The van der Waals surface area contributed by atoms with E-state index in [1.807, 2.05) is 0 Å². The van der Waals surface area contributed by atoms with E-state index in [1.165, 1.54) is 6.04 Å². The van der Waals surface area contributed by atoms with E-state index >= 15 is 0 Å². The summed E-state index contributed by atoms with van der Waals surface area (Å²) in [4.78, 5) is 0. The molecule has 118 valence electrons. The summed E-state index contributed by atoms with van der Waals surface area (Å²) in [7, 11) is -3.01. The maximum atomic E-state index is 6.37. The molecule has 0 spiro atoms. The third-order valence-corrected chi connectivity index (χ3v) is 10.3. The van der Waals surface area contributed by atoms with Crippen LogP contribution < -0.4 is 0 Å². The molecule has 3 nitrogen and oxygen atoms in total. The van der Waals surface area contributed by atoms with Gasteiger partial charge >= 0.3 is 7.12 Å². The van der Waals surface area contributed by atoms with E-state index in [4.69, 9.17) is 13.4 Å². The van der Waals surface area contributed by atoms with Crippen molar-refractivity contribution in [3.63, 3.8) is 0 Å². The lowest BCUT2D eigenvalue weighted by Crippen LogP contribution is -2.42. The van der Waals surface area contributed by atoms with E-state index in [0.29, 0.717) is 0 Å². The van der Waals surface area contributed by atoms with Crippen molar-refractivity contribution in [1.29, 1.82) is 0 Å². The van der Waals surface area contributed by atoms with Gasteiger partial charge in [-0.05, 0) is 72.8 Å². The lowest BCUT2D eigenvalue weighted by atomic mass is 9.83. The zero-order chi connectivity index (χ0) is 15.8. The molecular weight excluding hydrogens is 283 g/mol. The molecule has 0 unspecified atom stereocenters. The summed E-state index contributed by atoms with van der Waals surface area (Å²) in [6.45, 7) is 19.9. The van der Waals surface area contributed by atoms with Gasteiger partial charge in [-0.25, -0.2) is 0 Å². The Morgan fingerprint density at radius 2 is 1.35 bits per heavy atom. The summed E-state index contributed by atoms with van der Waals surface area (Å²) in [5.41, 5.74) is -0.418. The van der Waals surface area contributed by atoms with Gasteiger partial charge in [-0.15, -0.1) is 0 Å². The van der Waals surface area contributed by atoms with Crippen molar-refractivity contribution in [3.05, 3.63) is 0 Å². The van der Waals surface area contributed by atoms with Crippen LogP contribution in [0.2, 0.25) is 45.1 Å². The second kappa shape index (κ2) is 5.88. The first-order chi connectivity index (χ1) is 8.74. The average Bonchev–Trinajstić information content (AvgIpc) is 2.29. The van der Waals surface area contributed by atoms with Crippen LogP contribution in [-0.4, -0.2) is 35.0 Å². The molecule has 0 radical (unpaired) electrons. The highest BCUT2D eigenvalue weighted by molar-refractivity contribution is 6.84. The fourth-order valence-corrected chi connectivity index (χ4v) is 10.8. The van der Waals surface area contributed by atoms with Crippen LogP contribution in [0.4, 0.5) is 0 Å². The van der Waals surface area contributed by atoms with Gasteiger partial charge < -0.3 is 13.4 Å². The minimum atomic E-state index is -1.53. The molecule has 0 N–H and O–H groups in total. The van der Waals surface area contributed by atoms with Gasteiger partial charge in [0.15, 0.2) is 16.6 Å². The molecule has 0 aliphatic carbocycles. The summed E-state index contributed by atoms with van der Waals surface area (Å²) in [6, 6.07) is 1.18. The lowest BCUT2D eigenvalue weighted by Gasteiger charge is -2.32. The lowest BCUT2D eigenvalue weighted by molar-refractivity contribution is 0.00578. The van der Waals surface area contributed by atoms with Crippen LogP contribution >= 0.6 is 0 Å². The van der Waals surface area contributed by atoms with Gasteiger partial charge in [0.1, 0.15) is 0 Å². The van der Waals surface area contributed by atoms with Gasteiger partial charge in [0, 0.05) is 0 Å². The van der Waals surface area contributed by atoms with Crippen LogP contribution in [0.5, 0.6) is 0 Å². The summed E-state index contributed by atoms with van der Waals surface area (Å²) in [5.74, 6) is 0. The molecule has 0 aromatic rings. The maximum absolute atomic E-state index is 6.37. The van der Waals surface area contributed by atoms with Crippen molar-refractivity contribution >= 4 is 23.8 Å². The van der Waals surface area contributed by atoms with Crippen LogP contribution in [0.15, 0.2) is 0 Å². The second-order valence-corrected chi connectivity index (χ2v) is 17.6. The Labute approximate surface area is 128 Å². The van der Waals surface area contributed by atoms with Crippen LogP contribution in [-0.2, 0) is 13.4 Å². The molecule has 0 bridgehead atoms. The van der Waals surface area contributed by atoms with Crippen molar-refractivity contribution in [2.24, 2.45) is 0 Å². The highest BCUT2D eigenvalue weighted by Gasteiger charge is 2.50. The minimum Gasteiger partial charge on any atom is -0.456 e. The third kappa shape index (κ3) is 5.29. The summed E-state index contributed by atoms with van der Waals surface area (Å²) >= 11 is 0. The van der Waals surface area contributed by atoms with E-state index in [0.717, 1.165) is 12.7 Å². The molecule has 0 aromatic carbocycles. The summed E-state index contributed by atoms with van der Waals surface area (Å²) < 4.78 is 18.4. The first-order valence-corrected chi connectivity index (χ1v) is 14.3. The summed E-state index contributed by atoms with van der Waals surface area (Å²) in [5, 5.41) is 0. The molecule has 1 fully saturated rings. The van der Waals surface area contributed by atoms with Crippen molar-refractivity contribution in [1.82, 2.24) is 0 Å². The van der Waals surface area contributed by atoms with Crippen molar-refractivity contribution < 1.29 is 13.4 Å². The summed E-state index contributed by atoms with van der Waals surface area (Å²) in [6.07, 6.45) is 2.10. The van der Waals surface area contributed by atoms with E-state index < -0.39 is 16.6 Å². The number of hydrogen-bond acceptors (Lipinski definition) is 3. The van der Waals surface area contributed by atoms with Gasteiger partial charge in [0.05, 0.1) is 11.2 Å². The molecule has 1 heterocycles. The second-order valence-electron chi connectivity index (χ2n) is 8.55. The highest BCUT2D eigenvalue weighted by atomic mass is 28.4. The first-order valence-electron chi connectivity index (χ1n) is 7.80. The molecule has 0 atom stereocenters. The van der Waals surface area contributed by atoms with Crippen molar-refractivity contribution in [3.8, 4) is 0 Å². The predicted octanol–water partition coefficient (Wildman–Crippen LogP) is 4.53. The minimum absolute atomic E-state index is 0.0586. The topological polar surface area (TPSA) is 27.7 Å². The molecular formula is C14H33BO3Si2. The quantitative estimate of drug-likeness (QED) is 0.674. The highest BCUT2D eigenvalue weighted by Crippen LogP contribution is 2.38. The molecule has 1 aliphatic rings. The van der Waals surface area contributed by atoms with E-state index in [1.54, 1.807) is 0 Å². The zero-order valence-electron chi connectivity index (χ0n) is 14.9. The van der Waals surface area contributed by atoms with Crippen LogP contribution in [0.1, 0.15) is 34.1 Å². The van der Waals surface area contributed by atoms with Crippen molar-refractivity contribution in [2.45, 2.75) is 90.4 Å². The van der Waals surface area contributed by atoms with Crippen molar-refractivity contribution in [2.75, 3.05) is 0 Å². The Morgan fingerprint density at radius 3 is 1.75 bits per heavy atom. The fourth-order valence-electron chi connectivity index (χ4n) is 2.66. The Kier molecular flexibility index (Phi) is 5.41. The normalized spacial score (nSPS) is 22.4. The van der Waals surface area contributed by atoms with Crippen LogP contribution in [0, 0.1) is 0 Å². The molecule has 20 heavy (non-hydrogen) atoms. The maximum Gasteiger partial charge on any atom is 0.457 e. The van der Waals surface area contributed by atoms with Gasteiger partial charge in [0.25, 0.3) is 0 Å². The number of rotatable bonds is 6. The van der Waals surface area contributed by atoms with E-state index in [-0.39, 0.29) is 18.3 Å². The molecule has 0 saturated carbocycles. The largest absolute Gasteiger partial charge is 0.457 e. The van der Waals surface area contributed by atoms with Crippen LogP contribution in [0.3, 0.4) is 0 Å². The molecule has 0 amide bonds. The Bertz CT molecular complexity index is 322. The predicted molar refractivity (Wildman–Crippen MR) is 92.2 cm³/mol. The van der Waals surface area contributed by atoms with Gasteiger partial charge in [-0.2, -0.15) is 0 Å². The average molecular weight is 316 g/mol. The third-order valence-electron chi connectivity index (χ3n) is 4.10. The SMILES string of the molecule is CC1(C)OB(CCC[Si](C)(C)O[Si](C)(C)C)OC1(C)C. The monoisotopic (exact) mass is 316 g/mol. The first kappa shape index (κ1) is 18.4. The molecule has 1 rings (SSSR count). The Balaban J connectivity index is 2.39. The van der Waals surface area contributed by atoms with E-state index in [9.17, 15) is 0 Å².